The van der Waals surface area contributed by atoms with Crippen molar-refractivity contribution in [2.75, 3.05) is 0 Å². The van der Waals surface area contributed by atoms with Crippen LogP contribution in [-0.2, 0) is 12.8 Å². The topological polar surface area (TPSA) is 67.3 Å². The summed E-state index contributed by atoms with van der Waals surface area (Å²) < 4.78 is 14.8. The summed E-state index contributed by atoms with van der Waals surface area (Å²) >= 11 is 0. The normalized spacial score (nSPS) is 16.3. The first-order valence-corrected chi connectivity index (χ1v) is 10.6. The van der Waals surface area contributed by atoms with E-state index in [1.165, 1.54) is 18.5 Å². The van der Waals surface area contributed by atoms with E-state index in [9.17, 15) is 4.39 Å². The molecule has 2 aliphatic carbocycles. The minimum absolute atomic E-state index is 0.408. The van der Waals surface area contributed by atoms with E-state index in [-0.39, 0.29) is 0 Å². The molecule has 0 aliphatic heterocycles. The predicted octanol–water partition coefficient (Wildman–Crippen LogP) is 4.82. The Morgan fingerprint density at radius 2 is 1.77 bits per heavy atom. The van der Waals surface area contributed by atoms with Gasteiger partial charge in [0.25, 0.3) is 0 Å². The maximum absolute atomic E-state index is 14.8. The zero-order valence-electron chi connectivity index (χ0n) is 16.6. The number of pyridine rings is 2. The molecule has 2 fully saturated rings. The van der Waals surface area contributed by atoms with Crippen LogP contribution in [0.4, 0.5) is 4.39 Å². The first-order valence-electron chi connectivity index (χ1n) is 10.6. The lowest BCUT2D eigenvalue weighted by atomic mass is 10.0. The molecule has 150 valence electrons. The van der Waals surface area contributed by atoms with Crippen LogP contribution in [-0.4, -0.2) is 24.9 Å². The fourth-order valence-electron chi connectivity index (χ4n) is 4.17. The van der Waals surface area contributed by atoms with Gasteiger partial charge in [-0.3, -0.25) is 4.98 Å². The van der Waals surface area contributed by atoms with Gasteiger partial charge in [0.15, 0.2) is 0 Å². The maximum atomic E-state index is 14.8. The fraction of sp³-hybridized carbons (Fsp3) is 0.333. The molecule has 6 rings (SSSR count). The number of fused-ring (bicyclic) bond motifs is 1. The summed E-state index contributed by atoms with van der Waals surface area (Å²) in [6.45, 7) is 0. The third-order valence-electron chi connectivity index (χ3n) is 6.14. The summed E-state index contributed by atoms with van der Waals surface area (Å²) in [6.07, 6.45) is 11.3. The second-order valence-electron chi connectivity index (χ2n) is 8.54. The number of aromatic amines is 1. The molecule has 0 atom stereocenters. The van der Waals surface area contributed by atoms with E-state index in [0.29, 0.717) is 30.2 Å². The average molecular weight is 399 g/mol. The van der Waals surface area contributed by atoms with Gasteiger partial charge in [0, 0.05) is 59.4 Å². The van der Waals surface area contributed by atoms with E-state index >= 15 is 0 Å². The Balaban J connectivity index is 1.23. The monoisotopic (exact) mass is 399 g/mol. The van der Waals surface area contributed by atoms with Crippen LogP contribution in [0, 0.1) is 5.95 Å². The van der Waals surface area contributed by atoms with E-state index in [4.69, 9.17) is 0 Å². The van der Waals surface area contributed by atoms with Crippen LogP contribution in [0.15, 0.2) is 43.0 Å². The predicted molar refractivity (Wildman–Crippen MR) is 112 cm³/mol. The number of H-pyrrole nitrogens is 1. The lowest BCUT2D eigenvalue weighted by molar-refractivity contribution is 0.565. The van der Waals surface area contributed by atoms with Crippen molar-refractivity contribution >= 4 is 11.0 Å². The minimum atomic E-state index is -0.408. The molecule has 4 heterocycles. The van der Waals surface area contributed by atoms with Crippen LogP contribution in [0.5, 0.6) is 0 Å². The Kier molecular flexibility index (Phi) is 4.11. The van der Waals surface area contributed by atoms with Crippen molar-refractivity contribution in [2.45, 2.75) is 50.4 Å². The number of rotatable bonds is 6. The number of hydrogen-bond acceptors (Lipinski definition) is 4. The molecular weight excluding hydrogens is 377 g/mol. The molecule has 4 aromatic heterocycles. The van der Waals surface area contributed by atoms with Gasteiger partial charge in [0.2, 0.25) is 5.95 Å². The number of nitrogens with zero attached hydrogens (tertiary/aromatic N) is 4. The zero-order valence-corrected chi connectivity index (χ0v) is 16.6. The SMILES string of the molecule is Fc1nc(Cc2ccc(C3CC3)nc2)ccc1Cc1c[nH]c2ncnc(C3CC3)c12. The summed E-state index contributed by atoms with van der Waals surface area (Å²) in [5, 5.41) is 1.05. The van der Waals surface area contributed by atoms with E-state index in [1.807, 2.05) is 24.5 Å². The Morgan fingerprint density at radius 3 is 2.50 bits per heavy atom. The van der Waals surface area contributed by atoms with Crippen LogP contribution in [0.3, 0.4) is 0 Å². The summed E-state index contributed by atoms with van der Waals surface area (Å²) in [5.41, 5.74) is 6.48. The van der Waals surface area contributed by atoms with E-state index in [2.05, 4.69) is 37.1 Å². The quantitative estimate of drug-likeness (QED) is 0.472. The summed E-state index contributed by atoms with van der Waals surface area (Å²) in [4.78, 5) is 20.8. The first-order chi connectivity index (χ1) is 14.7. The molecule has 0 amide bonds. The molecule has 2 saturated carbocycles. The molecular formula is C24H22FN5. The fourth-order valence-corrected chi connectivity index (χ4v) is 4.17. The highest BCUT2D eigenvalue weighted by Crippen LogP contribution is 2.42. The Bertz CT molecular complexity index is 1220. The van der Waals surface area contributed by atoms with Crippen LogP contribution >= 0.6 is 0 Å². The first kappa shape index (κ1) is 17.7. The lowest BCUT2D eigenvalue weighted by Gasteiger charge is -2.07. The van der Waals surface area contributed by atoms with E-state index in [1.54, 1.807) is 6.33 Å². The van der Waals surface area contributed by atoms with E-state index in [0.717, 1.165) is 46.4 Å². The van der Waals surface area contributed by atoms with Crippen LogP contribution in [0.25, 0.3) is 11.0 Å². The van der Waals surface area contributed by atoms with Gasteiger partial charge in [-0.05, 0) is 48.9 Å². The van der Waals surface area contributed by atoms with Crippen molar-refractivity contribution < 1.29 is 4.39 Å². The molecule has 0 spiro atoms. The largest absolute Gasteiger partial charge is 0.346 e. The highest BCUT2D eigenvalue weighted by Gasteiger charge is 2.28. The minimum Gasteiger partial charge on any atom is -0.346 e. The highest BCUT2D eigenvalue weighted by molar-refractivity contribution is 5.83. The molecule has 0 unspecified atom stereocenters. The molecule has 0 saturated heterocycles. The van der Waals surface area contributed by atoms with Crippen molar-refractivity contribution in [3.05, 3.63) is 82.7 Å². The number of hydrogen-bond donors (Lipinski definition) is 1. The van der Waals surface area contributed by atoms with Crippen LogP contribution < -0.4 is 0 Å². The molecule has 4 aromatic rings. The van der Waals surface area contributed by atoms with Crippen molar-refractivity contribution in [1.29, 1.82) is 0 Å². The standard InChI is InChI=1S/C24H22FN5/c25-23-17(10-18-12-27-24-21(18)22(16-4-5-16)28-13-29-24)6-7-19(30-23)9-14-1-8-20(26-11-14)15-2-3-15/h1,6-8,11-13,15-16H,2-5,9-10H2,(H,27,28,29). The van der Waals surface area contributed by atoms with Gasteiger partial charge in [0.1, 0.15) is 12.0 Å². The Hall–Kier alpha value is -3.15. The van der Waals surface area contributed by atoms with Crippen molar-refractivity contribution in [3.63, 3.8) is 0 Å². The van der Waals surface area contributed by atoms with Gasteiger partial charge in [0.05, 0.1) is 5.69 Å². The molecule has 2 aliphatic rings. The van der Waals surface area contributed by atoms with Gasteiger partial charge in [-0.25, -0.2) is 15.0 Å². The van der Waals surface area contributed by atoms with Crippen molar-refractivity contribution in [2.24, 2.45) is 0 Å². The van der Waals surface area contributed by atoms with Crippen LogP contribution in [0.2, 0.25) is 0 Å². The molecule has 0 radical (unpaired) electrons. The van der Waals surface area contributed by atoms with E-state index < -0.39 is 5.95 Å². The van der Waals surface area contributed by atoms with Crippen LogP contribution in [0.1, 0.15) is 71.3 Å². The molecule has 0 bridgehead atoms. The van der Waals surface area contributed by atoms with Gasteiger partial charge < -0.3 is 4.98 Å². The van der Waals surface area contributed by atoms with Gasteiger partial charge in [-0.15, -0.1) is 0 Å². The van der Waals surface area contributed by atoms with Crippen molar-refractivity contribution in [3.8, 4) is 0 Å². The van der Waals surface area contributed by atoms with Gasteiger partial charge >= 0.3 is 0 Å². The molecule has 6 heteroatoms. The van der Waals surface area contributed by atoms with Crippen molar-refractivity contribution in [1.82, 2.24) is 24.9 Å². The Labute approximate surface area is 173 Å². The number of halogens is 1. The summed E-state index contributed by atoms with van der Waals surface area (Å²) in [6, 6.07) is 7.94. The molecule has 0 aromatic carbocycles. The lowest BCUT2D eigenvalue weighted by Crippen LogP contribution is -2.01. The number of nitrogens with one attached hydrogen (secondary N) is 1. The molecule has 1 N–H and O–H groups in total. The van der Waals surface area contributed by atoms with Gasteiger partial charge in [-0.2, -0.15) is 4.39 Å². The molecule has 30 heavy (non-hydrogen) atoms. The molecule has 5 nitrogen and oxygen atoms in total. The Morgan fingerprint density at radius 1 is 0.900 bits per heavy atom. The zero-order chi connectivity index (χ0) is 20.1. The summed E-state index contributed by atoms with van der Waals surface area (Å²) in [7, 11) is 0. The second kappa shape index (κ2) is 6.97. The summed E-state index contributed by atoms with van der Waals surface area (Å²) in [5.74, 6) is 0.744. The highest BCUT2D eigenvalue weighted by atomic mass is 19.1. The third kappa shape index (κ3) is 3.36. The average Bonchev–Trinajstić information content (AvgIpc) is 3.68. The third-order valence-corrected chi connectivity index (χ3v) is 6.14. The smallest absolute Gasteiger partial charge is 0.216 e. The maximum Gasteiger partial charge on any atom is 0.216 e. The number of aromatic nitrogens is 5. The second-order valence-corrected chi connectivity index (χ2v) is 8.54. The van der Waals surface area contributed by atoms with Gasteiger partial charge in [-0.1, -0.05) is 12.1 Å².